The lowest BCUT2D eigenvalue weighted by Gasteiger charge is -2.32. The number of ketones is 1. The minimum absolute atomic E-state index is 0.256. The highest BCUT2D eigenvalue weighted by Gasteiger charge is 2.21. The molecule has 0 spiro atoms. The van der Waals surface area contributed by atoms with E-state index in [2.05, 4.69) is 78.9 Å². The topological polar surface area (TPSA) is 23.6 Å². The molecule has 31 heavy (non-hydrogen) atoms. The molecule has 3 rings (SSSR count). The van der Waals surface area contributed by atoms with E-state index >= 15 is 0 Å². The maximum Gasteiger partial charge on any atom is 0.143 e. The van der Waals surface area contributed by atoms with Crippen molar-refractivity contribution in [2.45, 2.75) is 60.3 Å². The molecule has 0 amide bonds. The summed E-state index contributed by atoms with van der Waals surface area (Å²) in [5, 5.41) is 0. The predicted molar refractivity (Wildman–Crippen MR) is 137 cm³/mol. The first kappa shape index (κ1) is 26.6. The first-order valence-corrected chi connectivity index (χ1v) is 11.8. The molecule has 0 atom stereocenters. The second-order valence-corrected chi connectivity index (χ2v) is 7.67. The van der Waals surface area contributed by atoms with E-state index < -0.39 is 0 Å². The van der Waals surface area contributed by atoms with Crippen LogP contribution in [0.5, 0.6) is 0 Å². The Morgan fingerprint density at radius 3 is 2.23 bits per heavy atom. The second kappa shape index (κ2) is 13.8. The summed E-state index contributed by atoms with van der Waals surface area (Å²) in [6, 6.07) is 17.2. The van der Waals surface area contributed by atoms with Crippen LogP contribution in [0.15, 0.2) is 55.1 Å². The second-order valence-electron chi connectivity index (χ2n) is 7.67. The largest absolute Gasteiger partial charge is 0.344 e. The Hall–Kier alpha value is -2.39. The lowest BCUT2D eigenvalue weighted by atomic mass is 9.88. The van der Waals surface area contributed by atoms with E-state index in [4.69, 9.17) is 0 Å². The van der Waals surface area contributed by atoms with E-state index in [1.807, 2.05) is 27.7 Å². The van der Waals surface area contributed by atoms with Crippen LogP contribution >= 0.6 is 0 Å². The molecular formula is C28H42N2O. The van der Waals surface area contributed by atoms with Crippen molar-refractivity contribution in [1.29, 1.82) is 0 Å². The van der Waals surface area contributed by atoms with Gasteiger partial charge < -0.3 is 4.90 Å². The quantitative estimate of drug-likeness (QED) is 0.504. The van der Waals surface area contributed by atoms with Gasteiger partial charge in [-0.1, -0.05) is 70.7 Å². The highest BCUT2D eigenvalue weighted by Crippen LogP contribution is 2.31. The Morgan fingerprint density at radius 1 is 1.03 bits per heavy atom. The number of hydrogen-bond acceptors (Lipinski definition) is 3. The molecule has 1 fully saturated rings. The highest BCUT2D eigenvalue weighted by molar-refractivity contribution is 5.79. The van der Waals surface area contributed by atoms with Crippen LogP contribution in [0.4, 0.5) is 5.69 Å². The van der Waals surface area contributed by atoms with Crippen molar-refractivity contribution >= 4 is 17.2 Å². The van der Waals surface area contributed by atoms with Gasteiger partial charge in [0.15, 0.2) is 0 Å². The summed E-state index contributed by atoms with van der Waals surface area (Å²) >= 11 is 0. The maximum absolute atomic E-state index is 11.3. The number of carbonyl (C=O) groups excluding carboxylic acids is 1. The fraction of sp³-hybridized carbons (Fsp3) is 0.464. The summed E-state index contributed by atoms with van der Waals surface area (Å²) in [5.41, 5.74) is 6.00. The van der Waals surface area contributed by atoms with Crippen molar-refractivity contribution < 1.29 is 4.79 Å². The van der Waals surface area contributed by atoms with Crippen molar-refractivity contribution in [3.8, 4) is 0 Å². The molecule has 0 radical (unpaired) electrons. The molecule has 1 heterocycles. The van der Waals surface area contributed by atoms with E-state index in [1.165, 1.54) is 22.4 Å². The lowest BCUT2D eigenvalue weighted by molar-refractivity contribution is -0.118. The number of hydrogen-bond donors (Lipinski definition) is 0. The van der Waals surface area contributed by atoms with Crippen molar-refractivity contribution in [2.24, 2.45) is 0 Å². The van der Waals surface area contributed by atoms with Crippen molar-refractivity contribution in [3.05, 3.63) is 71.8 Å². The number of para-hydroxylation sites is 1. The van der Waals surface area contributed by atoms with Gasteiger partial charge in [-0.25, -0.2) is 0 Å². The monoisotopic (exact) mass is 422 g/mol. The molecular weight excluding hydrogens is 380 g/mol. The fourth-order valence-corrected chi connectivity index (χ4v) is 3.99. The Labute approximate surface area is 190 Å². The van der Waals surface area contributed by atoms with Gasteiger partial charge in [-0.15, -0.1) is 0 Å². The lowest BCUT2D eigenvalue weighted by Crippen LogP contribution is -2.36. The van der Waals surface area contributed by atoms with Crippen LogP contribution in [0.1, 0.15) is 70.1 Å². The van der Waals surface area contributed by atoms with Crippen LogP contribution in [0.3, 0.4) is 0 Å². The first-order chi connectivity index (χ1) is 15.0. The summed E-state index contributed by atoms with van der Waals surface area (Å²) < 4.78 is 0. The Balaban J connectivity index is 0.00000113. The summed E-state index contributed by atoms with van der Waals surface area (Å²) in [4.78, 5) is 15.8. The van der Waals surface area contributed by atoms with E-state index in [0.717, 1.165) is 31.6 Å². The number of piperidine rings is 1. The smallest absolute Gasteiger partial charge is 0.143 e. The zero-order chi connectivity index (χ0) is 23.4. The molecule has 0 bridgehead atoms. The van der Waals surface area contributed by atoms with Crippen LogP contribution in [0.25, 0.3) is 5.70 Å². The highest BCUT2D eigenvalue weighted by atomic mass is 16.1. The normalized spacial score (nSPS) is 13.9. The Kier molecular flexibility index (Phi) is 11.9. The Bertz CT molecular complexity index is 819. The van der Waals surface area contributed by atoms with Gasteiger partial charge >= 0.3 is 0 Å². The molecule has 1 aliphatic heterocycles. The van der Waals surface area contributed by atoms with E-state index in [9.17, 15) is 4.79 Å². The number of nitrogens with zero attached hydrogens (tertiary/aromatic N) is 2. The number of Topliss-reactive ketones (excluding diaryl/α,β-unsaturated/α-hetero) is 1. The standard InChI is InChI=1S/C24H30N2O.2C2H6/c1-18-8-5-6-11-24(18)25(4)20(3)22-9-7-10-23(16-22)21-12-14-26(15-13-21)17-19(2)27;2*1-2/h5-11,16,21H,3,12-15,17H2,1-2,4H3;2*1-2H3. The average molecular weight is 423 g/mol. The average Bonchev–Trinajstić information content (AvgIpc) is 2.81. The summed E-state index contributed by atoms with van der Waals surface area (Å²) in [6.45, 7) is 18.7. The van der Waals surface area contributed by atoms with Crippen molar-refractivity contribution in [2.75, 3.05) is 31.6 Å². The molecule has 0 saturated carbocycles. The van der Waals surface area contributed by atoms with Gasteiger partial charge in [0, 0.05) is 18.4 Å². The summed E-state index contributed by atoms with van der Waals surface area (Å²) in [7, 11) is 2.08. The molecule has 0 unspecified atom stereocenters. The number of carbonyl (C=O) groups is 1. The zero-order valence-electron chi connectivity index (χ0n) is 20.7. The summed E-state index contributed by atoms with van der Waals surface area (Å²) in [6.07, 6.45) is 2.22. The van der Waals surface area contributed by atoms with Gasteiger partial charge in [0.05, 0.1) is 6.54 Å². The minimum atomic E-state index is 0.256. The number of anilines is 1. The molecule has 1 saturated heterocycles. The molecule has 3 nitrogen and oxygen atoms in total. The van der Waals surface area contributed by atoms with Crippen LogP contribution < -0.4 is 4.90 Å². The van der Waals surface area contributed by atoms with Crippen molar-refractivity contribution in [1.82, 2.24) is 4.90 Å². The summed E-state index contributed by atoms with van der Waals surface area (Å²) in [5.74, 6) is 0.815. The van der Waals surface area contributed by atoms with Gasteiger partial charge in [0.1, 0.15) is 5.78 Å². The molecule has 2 aromatic rings. The molecule has 1 aliphatic rings. The van der Waals surface area contributed by atoms with Crippen LogP contribution in [-0.2, 0) is 4.79 Å². The number of aryl methyl sites for hydroxylation is 1. The van der Waals surface area contributed by atoms with E-state index in [0.29, 0.717) is 12.5 Å². The van der Waals surface area contributed by atoms with Gasteiger partial charge in [-0.3, -0.25) is 9.69 Å². The number of likely N-dealkylation sites (tertiary alicyclic amines) is 1. The van der Waals surface area contributed by atoms with E-state index in [1.54, 1.807) is 6.92 Å². The third-order valence-electron chi connectivity index (χ3n) is 5.61. The fourth-order valence-electron chi connectivity index (χ4n) is 3.99. The van der Waals surface area contributed by atoms with Crippen LogP contribution in [0.2, 0.25) is 0 Å². The van der Waals surface area contributed by atoms with Gasteiger partial charge in [-0.05, 0) is 74.5 Å². The van der Waals surface area contributed by atoms with E-state index in [-0.39, 0.29) is 5.78 Å². The third-order valence-corrected chi connectivity index (χ3v) is 5.61. The third kappa shape index (κ3) is 7.66. The minimum Gasteiger partial charge on any atom is -0.344 e. The number of rotatable bonds is 6. The van der Waals surface area contributed by atoms with Crippen LogP contribution in [-0.4, -0.2) is 37.4 Å². The molecule has 0 aromatic heterocycles. The molecule has 3 heteroatoms. The van der Waals surface area contributed by atoms with Gasteiger partial charge in [-0.2, -0.15) is 0 Å². The molecule has 0 N–H and O–H groups in total. The first-order valence-electron chi connectivity index (χ1n) is 11.8. The predicted octanol–water partition coefficient (Wildman–Crippen LogP) is 6.92. The SMILES string of the molecule is C=C(c1cccc(C2CCN(CC(C)=O)CC2)c1)N(C)c1ccccc1C.CC.CC. The van der Waals surface area contributed by atoms with Crippen molar-refractivity contribution in [3.63, 3.8) is 0 Å². The van der Waals surface area contributed by atoms with Gasteiger partial charge in [0.25, 0.3) is 0 Å². The Morgan fingerprint density at radius 2 is 1.65 bits per heavy atom. The number of benzene rings is 2. The molecule has 0 aliphatic carbocycles. The van der Waals surface area contributed by atoms with Crippen LogP contribution in [0, 0.1) is 6.92 Å². The van der Waals surface area contributed by atoms with Gasteiger partial charge in [0.2, 0.25) is 0 Å². The zero-order valence-corrected chi connectivity index (χ0v) is 20.7. The molecule has 2 aromatic carbocycles. The maximum atomic E-state index is 11.3. The molecule has 170 valence electrons.